The Morgan fingerprint density at radius 1 is 1.15 bits per heavy atom. The van der Waals surface area contributed by atoms with Gasteiger partial charge in [0.25, 0.3) is 0 Å². The number of primary amides is 1. The first-order valence-corrected chi connectivity index (χ1v) is 6.42. The fourth-order valence-corrected chi connectivity index (χ4v) is 2.45. The van der Waals surface area contributed by atoms with Crippen molar-refractivity contribution >= 4 is 17.5 Å². The monoisotopic (exact) mass is 266 g/mol. The van der Waals surface area contributed by atoms with Crippen molar-refractivity contribution in [3.05, 3.63) is 65.2 Å². The molecule has 4 heteroatoms. The number of anilines is 1. The second-order valence-corrected chi connectivity index (χ2v) is 4.85. The minimum atomic E-state index is -0.480. The van der Waals surface area contributed by atoms with Crippen LogP contribution in [0.5, 0.6) is 0 Å². The molecular weight excluding hydrogens is 252 g/mol. The maximum Gasteiger partial charge on any atom is 0.248 e. The van der Waals surface area contributed by atoms with Gasteiger partial charge in [-0.3, -0.25) is 9.59 Å². The average molecular weight is 266 g/mol. The Morgan fingerprint density at radius 2 is 1.90 bits per heavy atom. The number of rotatable bonds is 3. The van der Waals surface area contributed by atoms with Gasteiger partial charge in [-0.05, 0) is 23.3 Å². The molecule has 3 rings (SSSR count). The van der Waals surface area contributed by atoms with Crippen molar-refractivity contribution in [2.24, 2.45) is 5.73 Å². The van der Waals surface area contributed by atoms with Crippen LogP contribution in [0.25, 0.3) is 0 Å². The van der Waals surface area contributed by atoms with Crippen LogP contribution >= 0.6 is 0 Å². The molecule has 1 aliphatic rings. The zero-order chi connectivity index (χ0) is 14.1. The number of benzene rings is 2. The molecule has 0 spiro atoms. The number of hydrogen-bond acceptors (Lipinski definition) is 2. The van der Waals surface area contributed by atoms with Crippen LogP contribution in [0.15, 0.2) is 48.5 Å². The molecule has 20 heavy (non-hydrogen) atoms. The zero-order valence-electron chi connectivity index (χ0n) is 10.9. The number of amides is 2. The molecule has 0 saturated carbocycles. The van der Waals surface area contributed by atoms with Crippen LogP contribution < -0.4 is 10.6 Å². The lowest BCUT2D eigenvalue weighted by molar-refractivity contribution is -0.117. The average Bonchev–Trinajstić information content (AvgIpc) is 2.75. The first-order chi connectivity index (χ1) is 9.65. The largest absolute Gasteiger partial charge is 0.366 e. The smallest absolute Gasteiger partial charge is 0.248 e. The number of nitrogens with two attached hydrogens (primary N) is 1. The molecule has 2 aromatic rings. The molecule has 0 bridgehead atoms. The minimum absolute atomic E-state index is 0.0467. The van der Waals surface area contributed by atoms with E-state index >= 15 is 0 Å². The van der Waals surface area contributed by atoms with E-state index in [9.17, 15) is 9.59 Å². The van der Waals surface area contributed by atoms with Crippen LogP contribution in [0.3, 0.4) is 0 Å². The summed E-state index contributed by atoms with van der Waals surface area (Å²) < 4.78 is 0. The summed E-state index contributed by atoms with van der Waals surface area (Å²) in [5, 5.41) is 0. The second-order valence-electron chi connectivity index (χ2n) is 4.85. The van der Waals surface area contributed by atoms with Gasteiger partial charge in [0.05, 0.1) is 13.0 Å². The predicted molar refractivity (Wildman–Crippen MR) is 76.3 cm³/mol. The third-order valence-corrected chi connectivity index (χ3v) is 3.49. The van der Waals surface area contributed by atoms with Gasteiger partial charge < -0.3 is 10.6 Å². The van der Waals surface area contributed by atoms with Crippen LogP contribution in [0.2, 0.25) is 0 Å². The fourth-order valence-electron chi connectivity index (χ4n) is 2.45. The number of carbonyl (C=O) groups is 2. The van der Waals surface area contributed by atoms with Gasteiger partial charge in [-0.2, -0.15) is 0 Å². The summed E-state index contributed by atoms with van der Waals surface area (Å²) in [6.07, 6.45) is 0.376. The van der Waals surface area contributed by atoms with Crippen molar-refractivity contribution in [3.8, 4) is 0 Å². The third kappa shape index (κ3) is 2.16. The highest BCUT2D eigenvalue weighted by atomic mass is 16.2. The topological polar surface area (TPSA) is 63.4 Å². The summed E-state index contributed by atoms with van der Waals surface area (Å²) in [5.74, 6) is -0.433. The zero-order valence-corrected chi connectivity index (χ0v) is 10.9. The van der Waals surface area contributed by atoms with Crippen molar-refractivity contribution in [2.45, 2.75) is 13.0 Å². The van der Waals surface area contributed by atoms with Crippen LogP contribution in [-0.2, 0) is 17.8 Å². The highest BCUT2D eigenvalue weighted by Gasteiger charge is 2.27. The van der Waals surface area contributed by atoms with E-state index in [4.69, 9.17) is 5.73 Å². The van der Waals surface area contributed by atoms with Crippen molar-refractivity contribution < 1.29 is 9.59 Å². The lowest BCUT2D eigenvalue weighted by Crippen LogP contribution is -2.26. The van der Waals surface area contributed by atoms with Crippen molar-refractivity contribution in [1.82, 2.24) is 0 Å². The van der Waals surface area contributed by atoms with E-state index in [1.807, 2.05) is 30.3 Å². The molecule has 0 fully saturated rings. The van der Waals surface area contributed by atoms with Gasteiger partial charge in [-0.25, -0.2) is 0 Å². The van der Waals surface area contributed by atoms with E-state index in [2.05, 4.69) is 0 Å². The normalized spacial score (nSPS) is 13.4. The van der Waals surface area contributed by atoms with Crippen LogP contribution in [0, 0.1) is 0 Å². The molecule has 4 nitrogen and oxygen atoms in total. The van der Waals surface area contributed by atoms with Crippen molar-refractivity contribution in [1.29, 1.82) is 0 Å². The van der Waals surface area contributed by atoms with E-state index in [1.54, 1.807) is 23.1 Å². The van der Waals surface area contributed by atoms with Crippen LogP contribution in [0.4, 0.5) is 5.69 Å². The van der Waals surface area contributed by atoms with Gasteiger partial charge in [0, 0.05) is 11.3 Å². The maximum atomic E-state index is 12.1. The Bertz CT molecular complexity index is 680. The van der Waals surface area contributed by atoms with Gasteiger partial charge in [0.1, 0.15) is 0 Å². The molecule has 0 atom stereocenters. The SMILES string of the molecule is NC(=O)c1ccc2c(c1)N(Cc1ccccc1)C(=O)C2. The summed E-state index contributed by atoms with van der Waals surface area (Å²) >= 11 is 0. The first kappa shape index (κ1) is 12.4. The highest BCUT2D eigenvalue weighted by Crippen LogP contribution is 2.31. The van der Waals surface area contributed by atoms with Crippen molar-refractivity contribution in [2.75, 3.05) is 4.90 Å². The summed E-state index contributed by atoms with van der Waals surface area (Å²) in [6, 6.07) is 14.9. The summed E-state index contributed by atoms with van der Waals surface area (Å²) in [6.45, 7) is 0.509. The van der Waals surface area contributed by atoms with Crippen LogP contribution in [0.1, 0.15) is 21.5 Å². The molecule has 1 aliphatic heterocycles. The molecule has 0 unspecified atom stereocenters. The van der Waals surface area contributed by atoms with E-state index in [1.165, 1.54) is 0 Å². The molecule has 2 amide bonds. The number of carbonyl (C=O) groups excluding carboxylic acids is 2. The molecule has 0 saturated heterocycles. The second kappa shape index (κ2) is 4.81. The molecule has 2 N–H and O–H groups in total. The third-order valence-electron chi connectivity index (χ3n) is 3.49. The Kier molecular flexibility index (Phi) is 2.99. The van der Waals surface area contributed by atoms with Gasteiger partial charge in [0.2, 0.25) is 11.8 Å². The van der Waals surface area contributed by atoms with Crippen molar-refractivity contribution in [3.63, 3.8) is 0 Å². The number of hydrogen-bond donors (Lipinski definition) is 1. The van der Waals surface area contributed by atoms with Gasteiger partial charge in [-0.15, -0.1) is 0 Å². The summed E-state index contributed by atoms with van der Waals surface area (Å²) in [5.41, 5.74) is 8.51. The van der Waals surface area contributed by atoms with E-state index in [-0.39, 0.29) is 5.91 Å². The molecular formula is C16H14N2O2. The maximum absolute atomic E-state index is 12.1. The Hall–Kier alpha value is -2.62. The van der Waals surface area contributed by atoms with Gasteiger partial charge in [-0.1, -0.05) is 36.4 Å². The highest BCUT2D eigenvalue weighted by molar-refractivity contribution is 6.03. The molecule has 0 aliphatic carbocycles. The lowest BCUT2D eigenvalue weighted by atomic mass is 10.1. The Labute approximate surface area is 116 Å². The number of nitrogens with zero attached hydrogens (tertiary/aromatic N) is 1. The first-order valence-electron chi connectivity index (χ1n) is 6.42. The quantitative estimate of drug-likeness (QED) is 0.921. The van der Waals surface area contributed by atoms with E-state index < -0.39 is 5.91 Å². The Balaban J connectivity index is 1.96. The fraction of sp³-hybridized carbons (Fsp3) is 0.125. The molecule has 100 valence electrons. The van der Waals surface area contributed by atoms with E-state index in [0.29, 0.717) is 18.5 Å². The summed E-state index contributed by atoms with van der Waals surface area (Å²) in [7, 11) is 0. The van der Waals surface area contributed by atoms with Gasteiger partial charge >= 0.3 is 0 Å². The Morgan fingerprint density at radius 3 is 2.60 bits per heavy atom. The van der Waals surface area contributed by atoms with Crippen LogP contribution in [-0.4, -0.2) is 11.8 Å². The predicted octanol–water partition coefficient (Wildman–Crippen LogP) is 1.87. The molecule has 0 aromatic heterocycles. The molecule has 2 aromatic carbocycles. The number of fused-ring (bicyclic) bond motifs is 1. The van der Waals surface area contributed by atoms with Gasteiger partial charge in [0.15, 0.2) is 0 Å². The molecule has 0 radical (unpaired) electrons. The molecule has 1 heterocycles. The standard InChI is InChI=1S/C16H14N2O2/c17-16(20)13-7-6-12-9-15(19)18(14(12)8-13)10-11-4-2-1-3-5-11/h1-8H,9-10H2,(H2,17,20). The summed E-state index contributed by atoms with van der Waals surface area (Å²) in [4.78, 5) is 25.1. The minimum Gasteiger partial charge on any atom is -0.366 e. The lowest BCUT2D eigenvalue weighted by Gasteiger charge is -2.18. The van der Waals surface area contributed by atoms with E-state index in [0.717, 1.165) is 16.8 Å².